The van der Waals surface area contributed by atoms with Crippen molar-refractivity contribution in [3.8, 4) is 0 Å². The van der Waals surface area contributed by atoms with E-state index in [9.17, 15) is 0 Å². The van der Waals surface area contributed by atoms with E-state index in [1.165, 1.54) is 11.1 Å². The molecule has 4 rings (SSSR count). The molecule has 0 radical (unpaired) electrons. The molecule has 2 aromatic rings. The summed E-state index contributed by atoms with van der Waals surface area (Å²) in [5, 5.41) is 8.86. The highest BCUT2D eigenvalue weighted by molar-refractivity contribution is 6.29. The van der Waals surface area contributed by atoms with Crippen LogP contribution in [0.25, 0.3) is 5.70 Å². The van der Waals surface area contributed by atoms with Crippen molar-refractivity contribution >= 4 is 17.3 Å². The lowest BCUT2D eigenvalue weighted by Gasteiger charge is -2.42. The van der Waals surface area contributed by atoms with Crippen molar-refractivity contribution in [2.24, 2.45) is 0 Å². The fourth-order valence-electron chi connectivity index (χ4n) is 3.44. The Bertz CT molecular complexity index is 784. The van der Waals surface area contributed by atoms with Crippen LogP contribution in [0, 0.1) is 0 Å². The topological polar surface area (TPSA) is 34.6 Å². The van der Waals surface area contributed by atoms with Crippen LogP contribution < -0.4 is 5.32 Å². The first kappa shape index (κ1) is 17.3. The highest BCUT2D eigenvalue weighted by Crippen LogP contribution is 2.28. The second-order valence-electron chi connectivity index (χ2n) is 6.90. The average molecular weight is 370 g/mol. The van der Waals surface area contributed by atoms with Crippen LogP contribution in [0.3, 0.4) is 0 Å². The largest absolute Gasteiger partial charge is 0.379 e. The number of nitrogens with zero attached hydrogens (tertiary/aromatic N) is 4. The van der Waals surface area contributed by atoms with Crippen LogP contribution >= 0.6 is 11.6 Å². The summed E-state index contributed by atoms with van der Waals surface area (Å²) in [7, 11) is 2.18. The Kier molecular flexibility index (Phi) is 5.11. The highest BCUT2D eigenvalue weighted by Gasteiger charge is 2.24. The van der Waals surface area contributed by atoms with Crippen molar-refractivity contribution in [3.63, 3.8) is 0 Å². The fourth-order valence-corrected chi connectivity index (χ4v) is 3.60. The molecule has 1 aromatic heterocycles. The summed E-state index contributed by atoms with van der Waals surface area (Å²) in [4.78, 5) is 6.66. The number of hydrogen-bond donors (Lipinski definition) is 1. The summed E-state index contributed by atoms with van der Waals surface area (Å²) in [5.74, 6) is 0. The smallest absolute Gasteiger partial charge is 0.129 e. The van der Waals surface area contributed by atoms with Crippen LogP contribution in [-0.4, -0.2) is 53.1 Å². The molecule has 0 unspecified atom stereocenters. The van der Waals surface area contributed by atoms with E-state index in [0.29, 0.717) is 5.15 Å². The maximum Gasteiger partial charge on any atom is 0.129 e. The first-order valence-corrected chi connectivity index (χ1v) is 9.41. The molecule has 0 saturated carbocycles. The zero-order valence-corrected chi connectivity index (χ0v) is 15.8. The summed E-state index contributed by atoms with van der Waals surface area (Å²) in [6.07, 6.45) is 4.12. The monoisotopic (exact) mass is 369 g/mol. The third-order valence-electron chi connectivity index (χ3n) is 5.02. The van der Waals surface area contributed by atoms with Crippen LogP contribution in [0.1, 0.15) is 16.7 Å². The van der Waals surface area contributed by atoms with Gasteiger partial charge in [0.1, 0.15) is 5.15 Å². The molecule has 0 atom stereocenters. The van der Waals surface area contributed by atoms with Crippen molar-refractivity contribution in [2.75, 3.05) is 33.2 Å². The maximum absolute atomic E-state index is 6.16. The van der Waals surface area contributed by atoms with Crippen molar-refractivity contribution in [2.45, 2.75) is 13.1 Å². The van der Waals surface area contributed by atoms with Crippen LogP contribution in [0.4, 0.5) is 0 Å². The van der Waals surface area contributed by atoms with Gasteiger partial charge in [-0.25, -0.2) is 9.99 Å². The number of aromatic nitrogens is 1. The Balaban J connectivity index is 1.57. The lowest BCUT2D eigenvalue weighted by Crippen LogP contribution is -2.51. The first-order chi connectivity index (χ1) is 12.7. The van der Waals surface area contributed by atoms with Crippen molar-refractivity contribution in [1.82, 2.24) is 25.2 Å². The predicted octanol–water partition coefficient (Wildman–Crippen LogP) is 2.80. The van der Waals surface area contributed by atoms with Gasteiger partial charge in [-0.05, 0) is 18.7 Å². The zero-order chi connectivity index (χ0) is 17.9. The molecule has 1 saturated heterocycles. The molecule has 0 aliphatic carbocycles. The van der Waals surface area contributed by atoms with E-state index in [4.69, 9.17) is 11.6 Å². The maximum atomic E-state index is 6.16. The highest BCUT2D eigenvalue weighted by atomic mass is 35.5. The number of hydrazine groups is 1. The van der Waals surface area contributed by atoms with E-state index >= 15 is 0 Å². The summed E-state index contributed by atoms with van der Waals surface area (Å²) in [6, 6.07) is 12.4. The molecular weight excluding hydrogens is 346 g/mol. The first-order valence-electron chi connectivity index (χ1n) is 9.03. The van der Waals surface area contributed by atoms with Gasteiger partial charge >= 0.3 is 0 Å². The number of hydrogen-bond acceptors (Lipinski definition) is 5. The Labute approximate surface area is 159 Å². The summed E-state index contributed by atoms with van der Waals surface area (Å²) in [6.45, 7) is 5.86. The second-order valence-corrected chi connectivity index (χ2v) is 7.29. The van der Waals surface area contributed by atoms with Crippen LogP contribution in [0.2, 0.25) is 5.15 Å². The molecular formula is C20H24ClN5. The van der Waals surface area contributed by atoms with Gasteiger partial charge in [0.2, 0.25) is 0 Å². The Morgan fingerprint density at radius 3 is 2.65 bits per heavy atom. The van der Waals surface area contributed by atoms with Gasteiger partial charge in [-0.3, -0.25) is 0 Å². The molecule has 1 aromatic carbocycles. The van der Waals surface area contributed by atoms with E-state index in [1.54, 1.807) is 0 Å². The molecule has 5 nitrogen and oxygen atoms in total. The number of nitrogens with one attached hydrogen (secondary N) is 1. The number of likely N-dealkylation sites (N-methyl/N-ethyl adjacent to an activating group) is 1. The van der Waals surface area contributed by atoms with Crippen LogP contribution in [0.15, 0.2) is 48.8 Å². The number of fused-ring (bicyclic) bond motifs is 1. The van der Waals surface area contributed by atoms with Crippen LogP contribution in [0.5, 0.6) is 0 Å². The molecule has 2 aliphatic rings. The third kappa shape index (κ3) is 3.85. The predicted molar refractivity (Wildman–Crippen MR) is 105 cm³/mol. The normalized spacial score (nSPS) is 18.4. The average Bonchev–Trinajstić information content (AvgIpc) is 2.67. The summed E-state index contributed by atoms with van der Waals surface area (Å²) >= 11 is 6.16. The van der Waals surface area contributed by atoms with Gasteiger partial charge in [-0.2, -0.15) is 0 Å². The van der Waals surface area contributed by atoms with E-state index in [2.05, 4.69) is 62.7 Å². The van der Waals surface area contributed by atoms with Gasteiger partial charge in [0.05, 0.1) is 12.2 Å². The SMILES string of the molecule is CN1CCN(N2C=C(NCc3ccccc3)c3cc(Cl)ncc3C2)CC1. The number of piperazine rings is 1. The van der Waals surface area contributed by atoms with E-state index < -0.39 is 0 Å². The van der Waals surface area contributed by atoms with Crippen molar-refractivity contribution < 1.29 is 0 Å². The molecule has 0 spiro atoms. The molecule has 2 aliphatic heterocycles. The summed E-state index contributed by atoms with van der Waals surface area (Å²) < 4.78 is 0. The summed E-state index contributed by atoms with van der Waals surface area (Å²) in [5.41, 5.74) is 4.70. The number of rotatable bonds is 4. The molecule has 0 amide bonds. The Morgan fingerprint density at radius 1 is 1.12 bits per heavy atom. The molecule has 0 bridgehead atoms. The quantitative estimate of drug-likeness (QED) is 0.838. The molecule has 26 heavy (non-hydrogen) atoms. The number of benzene rings is 1. The zero-order valence-electron chi connectivity index (χ0n) is 15.0. The van der Waals surface area contributed by atoms with Gasteiger partial charge in [0, 0.05) is 56.2 Å². The minimum Gasteiger partial charge on any atom is -0.379 e. The van der Waals surface area contributed by atoms with Crippen molar-refractivity contribution in [3.05, 3.63) is 70.6 Å². The van der Waals surface area contributed by atoms with E-state index in [1.807, 2.05) is 18.3 Å². The van der Waals surface area contributed by atoms with Gasteiger partial charge in [-0.1, -0.05) is 41.9 Å². The number of halogens is 1. The molecule has 1 fully saturated rings. The standard InChI is InChI=1S/C20H24ClN5/c1-24-7-9-25(10-8-24)26-14-17-13-23-20(21)11-18(17)19(15-26)22-12-16-5-3-2-4-6-16/h2-6,11,13,15,22H,7-10,12,14H2,1H3. The van der Waals surface area contributed by atoms with E-state index in [0.717, 1.165) is 50.5 Å². The molecule has 136 valence electrons. The minimum atomic E-state index is 0.532. The van der Waals surface area contributed by atoms with Gasteiger partial charge in [0.15, 0.2) is 0 Å². The molecule has 6 heteroatoms. The lowest BCUT2D eigenvalue weighted by atomic mass is 10.0. The van der Waals surface area contributed by atoms with Crippen molar-refractivity contribution in [1.29, 1.82) is 0 Å². The van der Waals surface area contributed by atoms with E-state index in [-0.39, 0.29) is 0 Å². The lowest BCUT2D eigenvalue weighted by molar-refractivity contribution is -0.0226. The molecule has 1 N–H and O–H groups in total. The van der Waals surface area contributed by atoms with Gasteiger partial charge in [0.25, 0.3) is 0 Å². The Hall–Kier alpha value is -2.08. The minimum absolute atomic E-state index is 0.532. The Morgan fingerprint density at radius 2 is 1.88 bits per heavy atom. The van der Waals surface area contributed by atoms with Crippen LogP contribution in [-0.2, 0) is 13.1 Å². The third-order valence-corrected chi connectivity index (χ3v) is 5.23. The van der Waals surface area contributed by atoms with Gasteiger partial charge < -0.3 is 15.2 Å². The second kappa shape index (κ2) is 7.66. The van der Waals surface area contributed by atoms with Gasteiger partial charge in [-0.15, -0.1) is 0 Å². The number of pyridine rings is 1. The fraction of sp³-hybridized carbons (Fsp3) is 0.350. The molecule has 3 heterocycles.